The Bertz CT molecular complexity index is 1320. The average molecular weight is 538 g/mol. The topological polar surface area (TPSA) is 99.3 Å². The number of rotatable bonds is 6. The predicted octanol–water partition coefficient (Wildman–Crippen LogP) is 1.92. The number of halogens is 4. The van der Waals surface area contributed by atoms with Gasteiger partial charge in [-0.25, -0.2) is 4.39 Å². The van der Waals surface area contributed by atoms with Crippen molar-refractivity contribution in [2.45, 2.75) is 24.6 Å². The van der Waals surface area contributed by atoms with Crippen molar-refractivity contribution in [3.05, 3.63) is 47.5 Å². The molecule has 10 nitrogen and oxygen atoms in total. The van der Waals surface area contributed by atoms with Crippen LogP contribution in [0.5, 0.6) is 5.75 Å². The number of aliphatic hydroxyl groups is 1. The first-order valence-corrected chi connectivity index (χ1v) is 12.2. The van der Waals surface area contributed by atoms with Gasteiger partial charge in [0.1, 0.15) is 12.4 Å². The van der Waals surface area contributed by atoms with E-state index < -0.39 is 23.4 Å². The summed E-state index contributed by atoms with van der Waals surface area (Å²) >= 11 is 0. The molecule has 1 amide bonds. The first-order valence-electron chi connectivity index (χ1n) is 12.2. The smallest absolute Gasteiger partial charge is 0.453 e. The highest BCUT2D eigenvalue weighted by Crippen LogP contribution is 2.36. The molecule has 2 saturated heterocycles. The molecular weight excluding hydrogens is 510 g/mol. The lowest BCUT2D eigenvalue weighted by Crippen LogP contribution is -2.49. The minimum atomic E-state index is -4.70. The minimum Gasteiger partial charge on any atom is -0.489 e. The maximum atomic E-state index is 14.8. The summed E-state index contributed by atoms with van der Waals surface area (Å²) in [5.41, 5.74) is -0.939. The van der Waals surface area contributed by atoms with E-state index in [9.17, 15) is 27.5 Å². The molecule has 204 valence electrons. The number of carbonyl (C=O) groups excluding carboxylic acids is 1. The molecule has 0 aliphatic carbocycles. The number of hydrogen-bond donors (Lipinski definition) is 1. The van der Waals surface area contributed by atoms with Gasteiger partial charge in [-0.3, -0.25) is 9.69 Å². The number of ether oxygens (including phenoxy) is 1. The molecule has 1 N–H and O–H groups in total. The maximum Gasteiger partial charge on any atom is 0.453 e. The number of nitrogens with zero attached hydrogens (tertiary/aromatic N) is 7. The second kappa shape index (κ2) is 9.98. The van der Waals surface area contributed by atoms with Gasteiger partial charge in [-0.2, -0.15) is 17.7 Å². The SMILES string of the molecule is CN1CCN(CCOc2ccc(C3(O)CCN(c4ccc5nnc(C(F)(F)F)n5n4)CC3)cc2F)CC1=O. The fraction of sp³-hybridized carbons (Fsp3) is 0.500. The Morgan fingerprint density at radius 2 is 1.84 bits per heavy atom. The van der Waals surface area contributed by atoms with Gasteiger partial charge in [-0.05, 0) is 42.7 Å². The molecule has 5 rings (SSSR count). The molecule has 14 heteroatoms. The zero-order chi connectivity index (χ0) is 27.1. The standard InChI is InChI=1S/C24H27F4N7O3/c1-32-10-11-33(15-21(32)36)12-13-38-18-3-2-16(14-17(18)25)23(37)6-8-34(9-7-23)20-5-4-19-29-30-22(24(26,27)28)35(19)31-20/h2-5,14,37H,6-13,15H2,1H3. The third-order valence-electron chi connectivity index (χ3n) is 7.09. The number of fused-ring (bicyclic) bond motifs is 1. The lowest BCUT2D eigenvalue weighted by molar-refractivity contribution is -0.146. The van der Waals surface area contributed by atoms with Crippen molar-refractivity contribution in [2.24, 2.45) is 0 Å². The van der Waals surface area contributed by atoms with E-state index in [2.05, 4.69) is 15.3 Å². The van der Waals surface area contributed by atoms with Crippen molar-refractivity contribution in [3.8, 4) is 5.75 Å². The van der Waals surface area contributed by atoms with E-state index >= 15 is 0 Å². The van der Waals surface area contributed by atoms with E-state index in [-0.39, 0.29) is 36.8 Å². The van der Waals surface area contributed by atoms with Crippen LogP contribution in [0.4, 0.5) is 23.4 Å². The van der Waals surface area contributed by atoms with Crippen LogP contribution in [-0.2, 0) is 16.6 Å². The van der Waals surface area contributed by atoms with Gasteiger partial charge in [0.2, 0.25) is 5.91 Å². The fourth-order valence-electron chi connectivity index (χ4n) is 4.71. The molecule has 2 aliphatic heterocycles. The van der Waals surface area contributed by atoms with Gasteiger partial charge < -0.3 is 19.6 Å². The number of likely N-dealkylation sites (N-methyl/N-ethyl adjacent to an activating group) is 1. The molecule has 0 bridgehead atoms. The molecule has 2 fully saturated rings. The third-order valence-corrected chi connectivity index (χ3v) is 7.09. The van der Waals surface area contributed by atoms with Gasteiger partial charge in [0, 0.05) is 39.8 Å². The van der Waals surface area contributed by atoms with Crippen molar-refractivity contribution >= 4 is 17.4 Å². The second-order valence-electron chi connectivity index (χ2n) is 9.59. The van der Waals surface area contributed by atoms with Crippen LogP contribution in [0, 0.1) is 5.82 Å². The molecule has 2 aromatic heterocycles. The molecule has 0 atom stereocenters. The normalized spacial score (nSPS) is 18.8. The summed E-state index contributed by atoms with van der Waals surface area (Å²) in [4.78, 5) is 17.2. The van der Waals surface area contributed by atoms with Crippen LogP contribution in [0.3, 0.4) is 0 Å². The molecule has 3 aromatic rings. The van der Waals surface area contributed by atoms with Crippen LogP contribution in [0.15, 0.2) is 30.3 Å². The van der Waals surface area contributed by atoms with Gasteiger partial charge >= 0.3 is 6.18 Å². The maximum absolute atomic E-state index is 14.8. The number of aromatic nitrogens is 4. The van der Waals surface area contributed by atoms with Crippen molar-refractivity contribution in [2.75, 3.05) is 57.8 Å². The fourth-order valence-corrected chi connectivity index (χ4v) is 4.71. The van der Waals surface area contributed by atoms with Crippen LogP contribution in [0.25, 0.3) is 5.65 Å². The van der Waals surface area contributed by atoms with Gasteiger partial charge in [0.25, 0.3) is 5.82 Å². The Morgan fingerprint density at radius 1 is 1.08 bits per heavy atom. The number of hydrogen-bond acceptors (Lipinski definition) is 8. The van der Waals surface area contributed by atoms with E-state index in [1.807, 2.05) is 4.90 Å². The van der Waals surface area contributed by atoms with Crippen LogP contribution in [-0.4, -0.2) is 93.5 Å². The molecule has 1 aromatic carbocycles. The average Bonchev–Trinajstić information content (AvgIpc) is 3.32. The number of carbonyl (C=O) groups is 1. The highest BCUT2D eigenvalue weighted by atomic mass is 19.4. The summed E-state index contributed by atoms with van der Waals surface area (Å²) in [7, 11) is 1.76. The Labute approximate surface area is 215 Å². The van der Waals surface area contributed by atoms with Crippen molar-refractivity contribution in [1.82, 2.24) is 29.6 Å². The van der Waals surface area contributed by atoms with Crippen LogP contribution < -0.4 is 9.64 Å². The van der Waals surface area contributed by atoms with E-state index in [4.69, 9.17) is 4.74 Å². The summed E-state index contributed by atoms with van der Waals surface area (Å²) in [6.45, 7) is 2.95. The molecule has 0 radical (unpaired) electrons. The van der Waals surface area contributed by atoms with Crippen LogP contribution in [0.2, 0.25) is 0 Å². The first-order chi connectivity index (χ1) is 18.0. The van der Waals surface area contributed by atoms with Gasteiger partial charge in [0.15, 0.2) is 17.2 Å². The highest BCUT2D eigenvalue weighted by Gasteiger charge is 2.39. The zero-order valence-corrected chi connectivity index (χ0v) is 20.7. The van der Waals surface area contributed by atoms with E-state index in [0.29, 0.717) is 48.6 Å². The summed E-state index contributed by atoms with van der Waals surface area (Å²) in [6, 6.07) is 7.30. The van der Waals surface area contributed by atoms with Crippen LogP contribution >= 0.6 is 0 Å². The van der Waals surface area contributed by atoms with Crippen molar-refractivity contribution in [1.29, 1.82) is 0 Å². The van der Waals surface area contributed by atoms with E-state index in [1.54, 1.807) is 29.0 Å². The quantitative estimate of drug-likeness (QED) is 0.477. The van der Waals surface area contributed by atoms with Crippen molar-refractivity contribution < 1.29 is 32.2 Å². The van der Waals surface area contributed by atoms with Gasteiger partial charge in [0.05, 0.1) is 12.1 Å². The highest BCUT2D eigenvalue weighted by molar-refractivity contribution is 5.78. The molecule has 0 unspecified atom stereocenters. The minimum absolute atomic E-state index is 0.0237. The van der Waals surface area contributed by atoms with Gasteiger partial charge in [-0.1, -0.05) is 6.07 Å². The number of anilines is 1. The lowest BCUT2D eigenvalue weighted by Gasteiger charge is -2.39. The summed E-state index contributed by atoms with van der Waals surface area (Å²) in [6.07, 6.45) is -4.26. The Hall–Kier alpha value is -3.52. The molecule has 0 spiro atoms. The number of amides is 1. The summed E-state index contributed by atoms with van der Waals surface area (Å²) in [5.74, 6) is -1.43. The summed E-state index contributed by atoms with van der Waals surface area (Å²) < 4.78 is 60.6. The van der Waals surface area contributed by atoms with Gasteiger partial charge in [-0.15, -0.1) is 15.3 Å². The number of benzene rings is 1. The first kappa shape index (κ1) is 26.1. The summed E-state index contributed by atoms with van der Waals surface area (Å²) in [5, 5.41) is 22.0. The number of alkyl halides is 3. The third kappa shape index (κ3) is 5.23. The molecule has 2 aliphatic rings. The molecular formula is C24H27F4N7O3. The molecule has 0 saturated carbocycles. The largest absolute Gasteiger partial charge is 0.489 e. The van der Waals surface area contributed by atoms with E-state index in [1.165, 1.54) is 18.2 Å². The Morgan fingerprint density at radius 3 is 2.53 bits per heavy atom. The Balaban J connectivity index is 1.20. The monoisotopic (exact) mass is 537 g/mol. The lowest BCUT2D eigenvalue weighted by atomic mass is 9.84. The molecule has 4 heterocycles. The Kier molecular flexibility index (Phi) is 6.86. The number of piperazine rings is 1. The molecule has 38 heavy (non-hydrogen) atoms. The van der Waals surface area contributed by atoms with E-state index in [0.717, 1.165) is 6.54 Å². The predicted molar refractivity (Wildman–Crippen MR) is 127 cm³/mol. The van der Waals surface area contributed by atoms with Crippen molar-refractivity contribution in [3.63, 3.8) is 0 Å². The zero-order valence-electron chi connectivity index (χ0n) is 20.7. The number of piperidine rings is 1. The second-order valence-corrected chi connectivity index (χ2v) is 9.59. The van der Waals surface area contributed by atoms with Crippen LogP contribution in [0.1, 0.15) is 24.2 Å².